The van der Waals surface area contributed by atoms with Crippen molar-refractivity contribution >= 4 is 34.4 Å². The van der Waals surface area contributed by atoms with Gasteiger partial charge in [0.15, 0.2) is 10.7 Å². The van der Waals surface area contributed by atoms with E-state index in [9.17, 15) is 9.59 Å². The van der Waals surface area contributed by atoms with Crippen molar-refractivity contribution in [3.63, 3.8) is 0 Å². The molecule has 0 aliphatic carbocycles. The van der Waals surface area contributed by atoms with Crippen LogP contribution in [-0.2, 0) is 17.9 Å². The molecule has 0 aliphatic heterocycles. The van der Waals surface area contributed by atoms with Gasteiger partial charge in [0, 0.05) is 18.3 Å². The van der Waals surface area contributed by atoms with Crippen molar-refractivity contribution in [2.75, 3.05) is 18.2 Å². The number of carbonyl (C=O) groups excluding carboxylic acids is 1. The smallest absolute Gasteiger partial charge is 0.280 e. The fourth-order valence-corrected chi connectivity index (χ4v) is 4.46. The molecule has 0 aliphatic rings. The molecular weight excluding hydrogens is 450 g/mol. The van der Waals surface area contributed by atoms with Crippen LogP contribution in [0, 0.1) is 13.8 Å². The number of methoxy groups -OCH3 is 1. The highest BCUT2D eigenvalue weighted by molar-refractivity contribution is 7.99. The van der Waals surface area contributed by atoms with Gasteiger partial charge in [0.1, 0.15) is 11.3 Å². The SMILES string of the molecule is CCn1nc(C)c2nc(SCC(=O)Nc3cccc(OC)c3)n(Cc3ccc(C)cc3)c(=O)c21. The zero-order valence-electron chi connectivity index (χ0n) is 19.7. The molecule has 0 bridgehead atoms. The predicted molar refractivity (Wildman–Crippen MR) is 135 cm³/mol. The van der Waals surface area contributed by atoms with E-state index < -0.39 is 0 Å². The lowest BCUT2D eigenvalue weighted by Gasteiger charge is -2.13. The lowest BCUT2D eigenvalue weighted by Crippen LogP contribution is -2.26. The first-order valence-corrected chi connectivity index (χ1v) is 12.0. The van der Waals surface area contributed by atoms with E-state index in [2.05, 4.69) is 10.4 Å². The maximum atomic E-state index is 13.6. The molecule has 9 heteroatoms. The number of rotatable bonds is 8. The summed E-state index contributed by atoms with van der Waals surface area (Å²) in [5, 5.41) is 7.83. The summed E-state index contributed by atoms with van der Waals surface area (Å²) in [6, 6.07) is 15.2. The first-order valence-electron chi connectivity index (χ1n) is 11.0. The van der Waals surface area contributed by atoms with Crippen LogP contribution in [0.3, 0.4) is 0 Å². The molecule has 34 heavy (non-hydrogen) atoms. The highest BCUT2D eigenvalue weighted by atomic mass is 32.2. The summed E-state index contributed by atoms with van der Waals surface area (Å²) in [6.45, 7) is 6.74. The van der Waals surface area contributed by atoms with Crippen LogP contribution in [0.15, 0.2) is 58.5 Å². The molecule has 2 aromatic heterocycles. The van der Waals surface area contributed by atoms with Gasteiger partial charge in [0.05, 0.1) is 25.1 Å². The van der Waals surface area contributed by atoms with E-state index in [1.54, 1.807) is 28.5 Å². The molecule has 0 saturated heterocycles. The number of hydrogen-bond donors (Lipinski definition) is 1. The summed E-state index contributed by atoms with van der Waals surface area (Å²) in [4.78, 5) is 31.0. The molecule has 0 atom stereocenters. The van der Waals surface area contributed by atoms with Gasteiger partial charge in [-0.3, -0.25) is 18.8 Å². The number of anilines is 1. The van der Waals surface area contributed by atoms with Crippen molar-refractivity contribution in [2.45, 2.75) is 39.0 Å². The number of carbonyl (C=O) groups is 1. The zero-order chi connectivity index (χ0) is 24.2. The van der Waals surface area contributed by atoms with Crippen LogP contribution in [0.4, 0.5) is 5.69 Å². The maximum Gasteiger partial charge on any atom is 0.280 e. The van der Waals surface area contributed by atoms with Crippen LogP contribution >= 0.6 is 11.8 Å². The fourth-order valence-electron chi connectivity index (χ4n) is 3.67. The first-order chi connectivity index (χ1) is 16.4. The summed E-state index contributed by atoms with van der Waals surface area (Å²) in [6.07, 6.45) is 0. The van der Waals surface area contributed by atoms with Crippen molar-refractivity contribution in [1.82, 2.24) is 19.3 Å². The highest BCUT2D eigenvalue weighted by Gasteiger charge is 2.19. The van der Waals surface area contributed by atoms with Crippen molar-refractivity contribution in [3.05, 3.63) is 75.7 Å². The number of fused-ring (bicyclic) bond motifs is 1. The Hall–Kier alpha value is -3.59. The average Bonchev–Trinajstić information content (AvgIpc) is 3.16. The molecule has 0 saturated carbocycles. The quantitative estimate of drug-likeness (QED) is 0.305. The summed E-state index contributed by atoms with van der Waals surface area (Å²) in [5.41, 5.74) is 4.36. The van der Waals surface area contributed by atoms with Gasteiger partial charge in [0.25, 0.3) is 5.56 Å². The zero-order valence-corrected chi connectivity index (χ0v) is 20.5. The first kappa shape index (κ1) is 23.6. The third-order valence-corrected chi connectivity index (χ3v) is 6.40. The number of benzene rings is 2. The Balaban J connectivity index is 1.65. The Morgan fingerprint density at radius 2 is 1.91 bits per heavy atom. The minimum atomic E-state index is -0.199. The number of aryl methyl sites for hydroxylation is 3. The molecule has 0 radical (unpaired) electrons. The largest absolute Gasteiger partial charge is 0.497 e. The van der Waals surface area contributed by atoms with E-state index in [0.29, 0.717) is 46.4 Å². The van der Waals surface area contributed by atoms with E-state index in [1.165, 1.54) is 11.8 Å². The van der Waals surface area contributed by atoms with E-state index in [1.807, 2.05) is 57.2 Å². The normalized spacial score (nSPS) is 11.1. The van der Waals surface area contributed by atoms with E-state index in [4.69, 9.17) is 9.72 Å². The minimum absolute atomic E-state index is 0.101. The monoisotopic (exact) mass is 477 g/mol. The second kappa shape index (κ2) is 10.1. The molecule has 1 N–H and O–H groups in total. The molecule has 4 aromatic rings. The summed E-state index contributed by atoms with van der Waals surface area (Å²) >= 11 is 1.23. The van der Waals surface area contributed by atoms with Crippen LogP contribution in [0.25, 0.3) is 11.0 Å². The number of ether oxygens (including phenoxy) is 1. The summed E-state index contributed by atoms with van der Waals surface area (Å²) in [7, 11) is 1.58. The van der Waals surface area contributed by atoms with Crippen molar-refractivity contribution in [3.8, 4) is 5.75 Å². The predicted octanol–water partition coefficient (Wildman–Crippen LogP) is 4.02. The maximum absolute atomic E-state index is 13.6. The number of aromatic nitrogens is 4. The molecule has 1 amide bonds. The van der Waals surface area contributed by atoms with E-state index in [0.717, 1.165) is 11.1 Å². The lowest BCUT2D eigenvalue weighted by atomic mass is 10.1. The van der Waals surface area contributed by atoms with Gasteiger partial charge < -0.3 is 10.1 Å². The third-order valence-electron chi connectivity index (χ3n) is 5.43. The Labute approximate surface area is 202 Å². The van der Waals surface area contributed by atoms with Crippen molar-refractivity contribution in [2.24, 2.45) is 0 Å². The topological polar surface area (TPSA) is 91.0 Å². The third kappa shape index (κ3) is 4.99. The van der Waals surface area contributed by atoms with Crippen LogP contribution in [0.2, 0.25) is 0 Å². The van der Waals surface area contributed by atoms with Crippen LogP contribution in [0.1, 0.15) is 23.7 Å². The van der Waals surface area contributed by atoms with E-state index in [-0.39, 0.29) is 17.2 Å². The molecular formula is C25H27N5O3S. The molecule has 176 valence electrons. The van der Waals surface area contributed by atoms with Crippen LogP contribution in [-0.4, -0.2) is 38.1 Å². The average molecular weight is 478 g/mol. The highest BCUT2D eigenvalue weighted by Crippen LogP contribution is 2.22. The number of thioether (sulfide) groups is 1. The molecule has 0 spiro atoms. The van der Waals surface area contributed by atoms with Gasteiger partial charge in [0.2, 0.25) is 5.91 Å². The lowest BCUT2D eigenvalue weighted by molar-refractivity contribution is -0.113. The summed E-state index contributed by atoms with van der Waals surface area (Å²) < 4.78 is 8.53. The molecule has 2 heterocycles. The van der Waals surface area contributed by atoms with E-state index >= 15 is 0 Å². The van der Waals surface area contributed by atoms with Crippen molar-refractivity contribution < 1.29 is 9.53 Å². The second-order valence-corrected chi connectivity index (χ2v) is 8.88. The van der Waals surface area contributed by atoms with Gasteiger partial charge >= 0.3 is 0 Å². The van der Waals surface area contributed by atoms with Gasteiger partial charge in [-0.25, -0.2) is 4.98 Å². The van der Waals surface area contributed by atoms with Gasteiger partial charge in [-0.05, 0) is 38.5 Å². The summed E-state index contributed by atoms with van der Waals surface area (Å²) in [5.74, 6) is 0.563. The van der Waals surface area contributed by atoms with Gasteiger partial charge in [-0.1, -0.05) is 47.7 Å². The number of nitrogens with zero attached hydrogens (tertiary/aromatic N) is 4. The number of amides is 1. The molecule has 8 nitrogen and oxygen atoms in total. The molecule has 0 unspecified atom stereocenters. The molecule has 0 fully saturated rings. The fraction of sp³-hybridized carbons (Fsp3) is 0.280. The minimum Gasteiger partial charge on any atom is -0.497 e. The van der Waals surface area contributed by atoms with Crippen molar-refractivity contribution in [1.29, 1.82) is 0 Å². The molecule has 4 rings (SSSR count). The van der Waals surface area contributed by atoms with Crippen LogP contribution < -0.4 is 15.6 Å². The van der Waals surface area contributed by atoms with Crippen LogP contribution in [0.5, 0.6) is 5.75 Å². The van der Waals surface area contributed by atoms with Gasteiger partial charge in [-0.15, -0.1) is 0 Å². The Bertz CT molecular complexity index is 1390. The standard InChI is InChI=1S/C25H27N5O3S/c1-5-30-23-22(17(3)28-30)27-25(29(24(23)32)14-18-11-9-16(2)10-12-18)34-15-21(31)26-19-7-6-8-20(13-19)33-4/h6-13H,5,14-15H2,1-4H3,(H,26,31). The Morgan fingerprint density at radius 1 is 1.15 bits per heavy atom. The second-order valence-electron chi connectivity index (χ2n) is 7.94. The van der Waals surface area contributed by atoms with Gasteiger partial charge in [-0.2, -0.15) is 5.10 Å². The molecule has 2 aromatic carbocycles. The Morgan fingerprint density at radius 3 is 2.62 bits per heavy atom. The number of nitrogens with one attached hydrogen (secondary N) is 1. The Kier molecular flexibility index (Phi) is 7.02. The number of hydrogen-bond acceptors (Lipinski definition) is 6.